The normalized spacial score (nSPS) is 14.8. The van der Waals surface area contributed by atoms with Crippen molar-refractivity contribution >= 4 is 11.3 Å². The van der Waals surface area contributed by atoms with Crippen molar-refractivity contribution in [3.63, 3.8) is 0 Å². The molecule has 0 amide bonds. The fourth-order valence-corrected chi connectivity index (χ4v) is 2.88. The summed E-state index contributed by atoms with van der Waals surface area (Å²) in [5.74, 6) is 0. The van der Waals surface area contributed by atoms with Crippen LogP contribution in [0.15, 0.2) is 16.8 Å². The van der Waals surface area contributed by atoms with Crippen molar-refractivity contribution in [2.45, 2.75) is 51.7 Å². The van der Waals surface area contributed by atoms with Crippen LogP contribution < -0.4 is 5.32 Å². The van der Waals surface area contributed by atoms with Crippen molar-refractivity contribution in [1.82, 2.24) is 5.32 Å². The van der Waals surface area contributed by atoms with Gasteiger partial charge in [-0.05, 0) is 55.6 Å². The summed E-state index contributed by atoms with van der Waals surface area (Å²) in [6.45, 7) is 5.10. The molecule has 1 heterocycles. The fraction of sp³-hybridized carbons (Fsp3) is 0.714. The summed E-state index contributed by atoms with van der Waals surface area (Å²) < 4.78 is 5.85. The van der Waals surface area contributed by atoms with E-state index >= 15 is 0 Å². The Bertz CT molecular complexity index is 268. The first-order valence-electron chi connectivity index (χ1n) is 6.61. The second-order valence-corrected chi connectivity index (χ2v) is 5.13. The second kappa shape index (κ2) is 8.67. The van der Waals surface area contributed by atoms with E-state index in [4.69, 9.17) is 4.74 Å². The Hall–Kier alpha value is -0.380. The van der Waals surface area contributed by atoms with Crippen LogP contribution in [0.25, 0.3) is 0 Å². The van der Waals surface area contributed by atoms with E-state index in [9.17, 15) is 0 Å². The Balaban J connectivity index is 2.43. The standard InChI is InChI=1S/C14H25NOS/c1-4-6-14(16-5-2)13(15-3)8-7-12-9-10-17-11-12/h9-11,13-15H,4-8H2,1-3H3. The molecule has 98 valence electrons. The molecule has 2 unspecified atom stereocenters. The summed E-state index contributed by atoms with van der Waals surface area (Å²) in [6.07, 6.45) is 4.97. The van der Waals surface area contributed by atoms with Crippen LogP contribution in [0, 0.1) is 0 Å². The van der Waals surface area contributed by atoms with Gasteiger partial charge in [0, 0.05) is 12.6 Å². The summed E-state index contributed by atoms with van der Waals surface area (Å²) in [4.78, 5) is 0. The molecular weight excluding hydrogens is 230 g/mol. The highest BCUT2D eigenvalue weighted by molar-refractivity contribution is 7.07. The Labute approximate surface area is 109 Å². The Morgan fingerprint density at radius 1 is 1.35 bits per heavy atom. The number of likely N-dealkylation sites (N-methyl/N-ethyl adjacent to an activating group) is 1. The van der Waals surface area contributed by atoms with Gasteiger partial charge in [0.1, 0.15) is 0 Å². The SMILES string of the molecule is CCCC(OCC)C(CCc1ccsc1)NC. The molecule has 1 aromatic rings. The number of nitrogens with one attached hydrogen (secondary N) is 1. The molecule has 0 radical (unpaired) electrons. The average molecular weight is 255 g/mol. The number of thiophene rings is 1. The molecule has 0 aliphatic heterocycles. The van der Waals surface area contributed by atoms with Gasteiger partial charge in [-0.2, -0.15) is 11.3 Å². The molecule has 2 nitrogen and oxygen atoms in total. The molecule has 1 rings (SSSR count). The third-order valence-corrected chi connectivity index (χ3v) is 3.83. The first-order chi connectivity index (χ1) is 8.31. The lowest BCUT2D eigenvalue weighted by molar-refractivity contribution is 0.0280. The van der Waals surface area contributed by atoms with Crippen LogP contribution in [-0.2, 0) is 11.2 Å². The molecule has 17 heavy (non-hydrogen) atoms. The number of rotatable bonds is 9. The molecule has 0 fully saturated rings. The zero-order chi connectivity index (χ0) is 12.5. The maximum absolute atomic E-state index is 5.85. The van der Waals surface area contributed by atoms with E-state index in [1.807, 2.05) is 7.05 Å². The minimum atomic E-state index is 0.355. The predicted octanol–water partition coefficient (Wildman–Crippen LogP) is 3.47. The minimum Gasteiger partial charge on any atom is -0.377 e. The summed E-state index contributed by atoms with van der Waals surface area (Å²) in [6, 6.07) is 2.68. The number of ether oxygens (including phenoxy) is 1. The highest BCUT2D eigenvalue weighted by Crippen LogP contribution is 2.15. The third-order valence-electron chi connectivity index (χ3n) is 3.10. The molecule has 0 aliphatic carbocycles. The second-order valence-electron chi connectivity index (χ2n) is 4.35. The van der Waals surface area contributed by atoms with Gasteiger partial charge < -0.3 is 10.1 Å². The van der Waals surface area contributed by atoms with Gasteiger partial charge in [0.2, 0.25) is 0 Å². The first kappa shape index (κ1) is 14.7. The Kier molecular flexibility index (Phi) is 7.49. The topological polar surface area (TPSA) is 21.3 Å². The van der Waals surface area contributed by atoms with Gasteiger partial charge in [-0.3, -0.25) is 0 Å². The highest BCUT2D eigenvalue weighted by atomic mass is 32.1. The van der Waals surface area contributed by atoms with E-state index in [0.717, 1.165) is 25.9 Å². The Morgan fingerprint density at radius 2 is 2.18 bits per heavy atom. The van der Waals surface area contributed by atoms with E-state index < -0.39 is 0 Å². The monoisotopic (exact) mass is 255 g/mol. The van der Waals surface area contributed by atoms with E-state index in [1.54, 1.807) is 11.3 Å². The molecule has 1 N–H and O–H groups in total. The van der Waals surface area contributed by atoms with Crippen molar-refractivity contribution in [1.29, 1.82) is 0 Å². The van der Waals surface area contributed by atoms with Gasteiger partial charge in [0.05, 0.1) is 6.10 Å². The van der Waals surface area contributed by atoms with Gasteiger partial charge >= 0.3 is 0 Å². The lowest BCUT2D eigenvalue weighted by atomic mass is 9.99. The lowest BCUT2D eigenvalue weighted by Crippen LogP contribution is -2.39. The molecule has 0 bridgehead atoms. The molecule has 2 atom stereocenters. The number of aryl methyl sites for hydroxylation is 1. The van der Waals surface area contributed by atoms with Gasteiger partial charge in [-0.1, -0.05) is 13.3 Å². The maximum atomic E-state index is 5.85. The summed E-state index contributed by atoms with van der Waals surface area (Å²) in [5.41, 5.74) is 1.45. The average Bonchev–Trinajstić information content (AvgIpc) is 2.83. The lowest BCUT2D eigenvalue weighted by Gasteiger charge is -2.26. The molecule has 0 aromatic carbocycles. The smallest absolute Gasteiger partial charge is 0.0727 e. The van der Waals surface area contributed by atoms with Crippen LogP contribution in [0.1, 0.15) is 38.7 Å². The molecule has 0 aliphatic rings. The number of hydrogen-bond acceptors (Lipinski definition) is 3. The largest absolute Gasteiger partial charge is 0.377 e. The number of hydrogen-bond donors (Lipinski definition) is 1. The van der Waals surface area contributed by atoms with Gasteiger partial charge in [0.25, 0.3) is 0 Å². The molecule has 0 spiro atoms. The first-order valence-corrected chi connectivity index (χ1v) is 7.56. The summed E-state index contributed by atoms with van der Waals surface area (Å²) >= 11 is 1.78. The van der Waals surface area contributed by atoms with Crippen LogP contribution in [0.2, 0.25) is 0 Å². The van der Waals surface area contributed by atoms with Gasteiger partial charge in [-0.25, -0.2) is 0 Å². The van der Waals surface area contributed by atoms with E-state index in [2.05, 4.69) is 36.0 Å². The zero-order valence-corrected chi connectivity index (χ0v) is 12.1. The molecule has 0 saturated heterocycles. The quantitative estimate of drug-likeness (QED) is 0.729. The third kappa shape index (κ3) is 5.19. The minimum absolute atomic E-state index is 0.355. The van der Waals surface area contributed by atoms with Crippen molar-refractivity contribution < 1.29 is 4.74 Å². The summed E-state index contributed by atoms with van der Waals surface area (Å²) in [7, 11) is 2.04. The molecule has 1 aromatic heterocycles. The van der Waals surface area contributed by atoms with Crippen molar-refractivity contribution in [3.8, 4) is 0 Å². The van der Waals surface area contributed by atoms with Crippen LogP contribution in [0.4, 0.5) is 0 Å². The van der Waals surface area contributed by atoms with Gasteiger partial charge in [-0.15, -0.1) is 0 Å². The van der Waals surface area contributed by atoms with Crippen molar-refractivity contribution in [3.05, 3.63) is 22.4 Å². The van der Waals surface area contributed by atoms with E-state index in [1.165, 1.54) is 12.0 Å². The fourth-order valence-electron chi connectivity index (χ4n) is 2.17. The van der Waals surface area contributed by atoms with Crippen molar-refractivity contribution in [2.75, 3.05) is 13.7 Å². The molecular formula is C14H25NOS. The van der Waals surface area contributed by atoms with Crippen LogP contribution >= 0.6 is 11.3 Å². The Morgan fingerprint density at radius 3 is 2.71 bits per heavy atom. The predicted molar refractivity (Wildman–Crippen MR) is 75.8 cm³/mol. The highest BCUT2D eigenvalue weighted by Gasteiger charge is 2.19. The zero-order valence-electron chi connectivity index (χ0n) is 11.2. The van der Waals surface area contributed by atoms with Crippen LogP contribution in [-0.4, -0.2) is 25.8 Å². The van der Waals surface area contributed by atoms with Crippen LogP contribution in [0.3, 0.4) is 0 Å². The van der Waals surface area contributed by atoms with Crippen LogP contribution in [0.5, 0.6) is 0 Å². The summed E-state index contributed by atoms with van der Waals surface area (Å²) in [5, 5.41) is 7.80. The van der Waals surface area contributed by atoms with Gasteiger partial charge in [0.15, 0.2) is 0 Å². The maximum Gasteiger partial charge on any atom is 0.0727 e. The molecule has 0 saturated carbocycles. The van der Waals surface area contributed by atoms with E-state index in [0.29, 0.717) is 12.1 Å². The molecule has 3 heteroatoms. The van der Waals surface area contributed by atoms with Crippen molar-refractivity contribution in [2.24, 2.45) is 0 Å². The van der Waals surface area contributed by atoms with E-state index in [-0.39, 0.29) is 0 Å².